The molecular formula is C13H22N4O2. The molecule has 1 atom stereocenters. The van der Waals surface area contributed by atoms with Crippen LogP contribution in [-0.4, -0.2) is 53.7 Å². The molecule has 1 saturated heterocycles. The molecule has 6 heteroatoms. The summed E-state index contributed by atoms with van der Waals surface area (Å²) < 4.78 is 7.19. The first-order chi connectivity index (χ1) is 9.09. The Morgan fingerprint density at radius 3 is 2.74 bits per heavy atom. The van der Waals surface area contributed by atoms with E-state index in [4.69, 9.17) is 4.74 Å². The predicted molar refractivity (Wildman–Crippen MR) is 71.6 cm³/mol. The molecule has 0 bridgehead atoms. The molecule has 0 radical (unpaired) electrons. The van der Waals surface area contributed by atoms with Crippen molar-refractivity contribution >= 4 is 5.91 Å². The van der Waals surface area contributed by atoms with E-state index in [0.717, 1.165) is 31.7 Å². The van der Waals surface area contributed by atoms with Crippen molar-refractivity contribution in [2.24, 2.45) is 7.05 Å². The Labute approximate surface area is 113 Å². The Kier molecular flexibility index (Phi) is 4.55. The van der Waals surface area contributed by atoms with Crippen LogP contribution in [0.1, 0.15) is 24.6 Å². The van der Waals surface area contributed by atoms with Crippen LogP contribution in [0.2, 0.25) is 0 Å². The highest BCUT2D eigenvalue weighted by molar-refractivity contribution is 5.83. The predicted octanol–water partition coefficient (Wildman–Crippen LogP) is 0.318. The van der Waals surface area contributed by atoms with Crippen molar-refractivity contribution < 1.29 is 9.53 Å². The van der Waals surface area contributed by atoms with Crippen molar-refractivity contribution in [3.63, 3.8) is 0 Å². The summed E-state index contributed by atoms with van der Waals surface area (Å²) in [5.74, 6) is 0.0282. The minimum Gasteiger partial charge on any atom is -0.381 e. The first-order valence-corrected chi connectivity index (χ1v) is 6.60. The number of nitrogens with zero attached hydrogens (tertiary/aromatic N) is 3. The van der Waals surface area contributed by atoms with Gasteiger partial charge in [-0.3, -0.25) is 9.69 Å². The molecule has 1 amide bonds. The third-order valence-electron chi connectivity index (χ3n) is 3.47. The number of imidazole rings is 1. The van der Waals surface area contributed by atoms with Gasteiger partial charge < -0.3 is 14.6 Å². The van der Waals surface area contributed by atoms with Gasteiger partial charge in [-0.25, -0.2) is 4.98 Å². The van der Waals surface area contributed by atoms with Crippen LogP contribution in [0.5, 0.6) is 0 Å². The van der Waals surface area contributed by atoms with E-state index in [1.165, 1.54) is 0 Å². The first-order valence-electron chi connectivity index (χ1n) is 6.60. The summed E-state index contributed by atoms with van der Waals surface area (Å²) in [5, 5.41) is 3.11. The second-order valence-electron chi connectivity index (χ2n) is 5.19. The van der Waals surface area contributed by atoms with Crippen LogP contribution in [0.4, 0.5) is 0 Å². The number of likely N-dealkylation sites (N-methyl/N-ethyl adjacent to an activating group) is 1. The average Bonchev–Trinajstić information content (AvgIpc) is 2.77. The van der Waals surface area contributed by atoms with Gasteiger partial charge in [-0.15, -0.1) is 0 Å². The maximum atomic E-state index is 12.5. The van der Waals surface area contributed by atoms with Gasteiger partial charge in [0.05, 0.1) is 18.2 Å². The number of hydrogen-bond donors (Lipinski definition) is 1. The average molecular weight is 266 g/mol. The van der Waals surface area contributed by atoms with E-state index in [9.17, 15) is 4.79 Å². The maximum absolute atomic E-state index is 12.5. The minimum absolute atomic E-state index is 0.0282. The Morgan fingerprint density at radius 2 is 2.21 bits per heavy atom. The monoisotopic (exact) mass is 266 g/mol. The molecule has 0 saturated carbocycles. The SMILES string of the molecule is CN(C)C(C(=O)NC1CCOCC1)c1cncn1C. The zero-order valence-corrected chi connectivity index (χ0v) is 11.8. The van der Waals surface area contributed by atoms with Gasteiger partial charge in [-0.05, 0) is 26.9 Å². The Balaban J connectivity index is 2.06. The van der Waals surface area contributed by atoms with Crippen LogP contribution in [0, 0.1) is 0 Å². The molecule has 1 N–H and O–H groups in total. The normalized spacial score (nSPS) is 18.5. The number of aromatic nitrogens is 2. The molecule has 2 rings (SSSR count). The number of rotatable bonds is 4. The van der Waals surface area contributed by atoms with Crippen molar-refractivity contribution in [3.05, 3.63) is 18.2 Å². The van der Waals surface area contributed by atoms with Crippen LogP contribution in [0.25, 0.3) is 0 Å². The zero-order chi connectivity index (χ0) is 13.8. The Bertz CT molecular complexity index is 424. The number of ether oxygens (including phenoxy) is 1. The highest BCUT2D eigenvalue weighted by atomic mass is 16.5. The molecule has 1 aliphatic heterocycles. The highest BCUT2D eigenvalue weighted by Crippen LogP contribution is 2.18. The van der Waals surface area contributed by atoms with E-state index in [-0.39, 0.29) is 18.0 Å². The lowest BCUT2D eigenvalue weighted by Gasteiger charge is -2.28. The molecular weight excluding hydrogens is 244 g/mol. The van der Waals surface area contributed by atoms with Gasteiger partial charge in [0.15, 0.2) is 0 Å². The first kappa shape index (κ1) is 14.0. The zero-order valence-electron chi connectivity index (χ0n) is 11.8. The van der Waals surface area contributed by atoms with Gasteiger partial charge in [0, 0.05) is 26.3 Å². The lowest BCUT2D eigenvalue weighted by Crippen LogP contribution is -2.45. The Morgan fingerprint density at radius 1 is 1.53 bits per heavy atom. The molecule has 1 aliphatic rings. The number of nitrogens with one attached hydrogen (secondary N) is 1. The summed E-state index contributed by atoms with van der Waals surface area (Å²) in [5.41, 5.74) is 0.898. The van der Waals surface area contributed by atoms with E-state index in [1.54, 1.807) is 12.5 Å². The minimum atomic E-state index is -0.310. The van der Waals surface area contributed by atoms with Gasteiger partial charge in [0.1, 0.15) is 6.04 Å². The molecule has 1 aromatic rings. The van der Waals surface area contributed by atoms with Crippen molar-refractivity contribution in [2.75, 3.05) is 27.3 Å². The topological polar surface area (TPSA) is 59.4 Å². The standard InChI is InChI=1S/C13H22N4O2/c1-16(2)12(11-8-14-9-17(11)3)13(18)15-10-4-6-19-7-5-10/h8-10,12H,4-7H2,1-3H3,(H,15,18). The number of aryl methyl sites for hydroxylation is 1. The number of hydrogen-bond acceptors (Lipinski definition) is 4. The molecule has 0 aliphatic carbocycles. The number of carbonyl (C=O) groups is 1. The van der Waals surface area contributed by atoms with E-state index in [1.807, 2.05) is 30.6 Å². The fraction of sp³-hybridized carbons (Fsp3) is 0.692. The van der Waals surface area contributed by atoms with E-state index >= 15 is 0 Å². The molecule has 19 heavy (non-hydrogen) atoms. The van der Waals surface area contributed by atoms with Gasteiger partial charge >= 0.3 is 0 Å². The molecule has 1 aromatic heterocycles. The van der Waals surface area contributed by atoms with E-state index < -0.39 is 0 Å². The van der Waals surface area contributed by atoms with Gasteiger partial charge in [-0.2, -0.15) is 0 Å². The van der Waals surface area contributed by atoms with Crippen molar-refractivity contribution in [1.82, 2.24) is 19.8 Å². The molecule has 0 aromatic carbocycles. The van der Waals surface area contributed by atoms with Crippen molar-refractivity contribution in [2.45, 2.75) is 24.9 Å². The molecule has 0 spiro atoms. The second-order valence-corrected chi connectivity index (χ2v) is 5.19. The van der Waals surface area contributed by atoms with Crippen molar-refractivity contribution in [3.8, 4) is 0 Å². The van der Waals surface area contributed by atoms with Gasteiger partial charge in [0.25, 0.3) is 0 Å². The number of carbonyl (C=O) groups excluding carboxylic acids is 1. The fourth-order valence-electron chi connectivity index (χ4n) is 2.39. The highest BCUT2D eigenvalue weighted by Gasteiger charge is 2.27. The van der Waals surface area contributed by atoms with E-state index in [0.29, 0.717) is 0 Å². The third-order valence-corrected chi connectivity index (χ3v) is 3.47. The Hall–Kier alpha value is -1.40. The van der Waals surface area contributed by atoms with E-state index in [2.05, 4.69) is 10.3 Å². The van der Waals surface area contributed by atoms with Crippen LogP contribution in [0.15, 0.2) is 12.5 Å². The maximum Gasteiger partial charge on any atom is 0.243 e. The van der Waals surface area contributed by atoms with Crippen LogP contribution in [-0.2, 0) is 16.6 Å². The molecule has 106 valence electrons. The van der Waals surface area contributed by atoms with Crippen LogP contribution < -0.4 is 5.32 Å². The summed E-state index contributed by atoms with van der Waals surface area (Å²) in [6.07, 6.45) is 5.23. The lowest BCUT2D eigenvalue weighted by molar-refractivity contribution is -0.127. The summed E-state index contributed by atoms with van der Waals surface area (Å²) >= 11 is 0. The summed E-state index contributed by atoms with van der Waals surface area (Å²) in [6, 6.07) is -0.0905. The smallest absolute Gasteiger partial charge is 0.243 e. The molecule has 1 fully saturated rings. The third kappa shape index (κ3) is 3.33. The van der Waals surface area contributed by atoms with Gasteiger partial charge in [0.2, 0.25) is 5.91 Å². The fourth-order valence-corrected chi connectivity index (χ4v) is 2.39. The van der Waals surface area contributed by atoms with Crippen LogP contribution >= 0.6 is 0 Å². The lowest BCUT2D eigenvalue weighted by atomic mass is 10.1. The number of amides is 1. The van der Waals surface area contributed by atoms with Crippen LogP contribution in [0.3, 0.4) is 0 Å². The van der Waals surface area contributed by atoms with Gasteiger partial charge in [-0.1, -0.05) is 0 Å². The second kappa shape index (κ2) is 6.16. The quantitative estimate of drug-likeness (QED) is 0.852. The summed E-state index contributed by atoms with van der Waals surface area (Å²) in [6.45, 7) is 1.45. The summed E-state index contributed by atoms with van der Waals surface area (Å²) in [4.78, 5) is 18.5. The van der Waals surface area contributed by atoms with Crippen molar-refractivity contribution in [1.29, 1.82) is 0 Å². The molecule has 6 nitrogen and oxygen atoms in total. The molecule has 1 unspecified atom stereocenters. The largest absolute Gasteiger partial charge is 0.381 e. The summed E-state index contributed by atoms with van der Waals surface area (Å²) in [7, 11) is 5.71. The molecule has 2 heterocycles.